The van der Waals surface area contributed by atoms with Crippen LogP contribution in [0.1, 0.15) is 40.5 Å². The lowest BCUT2D eigenvalue weighted by molar-refractivity contribution is -0.266. The lowest BCUT2D eigenvalue weighted by Crippen LogP contribution is -2.53. The fourth-order valence-electron chi connectivity index (χ4n) is 5.43. The number of amides is 2. The fourth-order valence-corrected chi connectivity index (χ4v) is 5.43. The van der Waals surface area contributed by atoms with E-state index in [1.165, 1.54) is 11.0 Å². The topological polar surface area (TPSA) is 126 Å². The third kappa shape index (κ3) is 4.59. The monoisotopic (exact) mass is 541 g/mol. The summed E-state index contributed by atoms with van der Waals surface area (Å²) >= 11 is 0. The zero-order valence-electron chi connectivity index (χ0n) is 20.7. The fraction of sp³-hybridized carbons (Fsp3) is 0.400. The number of halogens is 3. The molecule has 0 radical (unpaired) electrons. The minimum Gasteiger partial charge on any atom is -0.530 e. The summed E-state index contributed by atoms with van der Waals surface area (Å²) < 4.78 is 40.5. The van der Waals surface area contributed by atoms with E-state index in [2.05, 4.69) is 20.3 Å². The first kappa shape index (κ1) is 24.9. The van der Waals surface area contributed by atoms with Gasteiger partial charge < -0.3 is 29.6 Å². The number of benzene rings is 1. The van der Waals surface area contributed by atoms with E-state index >= 15 is 0 Å². The summed E-state index contributed by atoms with van der Waals surface area (Å²) in [5.74, 6) is -0.683. The zero-order valence-corrected chi connectivity index (χ0v) is 20.7. The first-order valence-electron chi connectivity index (χ1n) is 12.6. The molecule has 204 valence electrons. The molecule has 1 aromatic carbocycles. The number of aromatic nitrogens is 5. The largest absolute Gasteiger partial charge is 0.530 e. The van der Waals surface area contributed by atoms with Crippen molar-refractivity contribution < 1.29 is 27.9 Å². The molecule has 2 fully saturated rings. The van der Waals surface area contributed by atoms with Crippen molar-refractivity contribution in [1.29, 1.82) is 0 Å². The molecule has 14 heteroatoms. The van der Waals surface area contributed by atoms with Gasteiger partial charge in [-0.25, -0.2) is 0 Å². The summed E-state index contributed by atoms with van der Waals surface area (Å²) in [5.41, 5.74) is 2.56. The Labute approximate surface area is 219 Å². The number of piperidine rings is 1. The number of H-pyrrole nitrogens is 1. The van der Waals surface area contributed by atoms with Crippen LogP contribution in [-0.2, 0) is 6.18 Å². The third-order valence-electron chi connectivity index (χ3n) is 7.55. The number of carbonyl (C=O) groups is 2. The number of piperazine rings is 1. The molecule has 2 aliphatic rings. The summed E-state index contributed by atoms with van der Waals surface area (Å²) in [6, 6.07) is 8.64. The zero-order chi connectivity index (χ0) is 27.3. The Morgan fingerprint density at radius 2 is 1.67 bits per heavy atom. The molecular formula is C25H24F3N8O3-. The Balaban J connectivity index is 1.17. The number of fused-ring (bicyclic) bond motifs is 2. The van der Waals surface area contributed by atoms with Gasteiger partial charge in [0.15, 0.2) is 5.65 Å². The average Bonchev–Trinajstić information content (AvgIpc) is 3.56. The highest BCUT2D eigenvalue weighted by Gasteiger charge is 2.38. The number of anilines is 1. The predicted molar refractivity (Wildman–Crippen MR) is 131 cm³/mol. The second-order valence-electron chi connectivity index (χ2n) is 9.79. The van der Waals surface area contributed by atoms with Crippen LogP contribution in [0.4, 0.5) is 23.8 Å². The maximum atomic E-state index is 13.3. The second kappa shape index (κ2) is 9.43. The summed E-state index contributed by atoms with van der Waals surface area (Å²) in [6.07, 6.45) is -2.42. The summed E-state index contributed by atoms with van der Waals surface area (Å²) in [4.78, 5) is 32.2. The normalized spacial score (nSPS) is 17.4. The summed E-state index contributed by atoms with van der Waals surface area (Å²) in [6.45, 7) is 2.26. The van der Waals surface area contributed by atoms with Crippen molar-refractivity contribution in [3.8, 4) is 0 Å². The van der Waals surface area contributed by atoms with Gasteiger partial charge >= 0.3 is 6.18 Å². The predicted octanol–water partition coefficient (Wildman–Crippen LogP) is 2.11. The van der Waals surface area contributed by atoms with Gasteiger partial charge in [-0.2, -0.15) is 17.7 Å². The van der Waals surface area contributed by atoms with Crippen molar-refractivity contribution in [2.45, 2.75) is 24.9 Å². The van der Waals surface area contributed by atoms with Crippen LogP contribution in [0.5, 0.6) is 0 Å². The first-order valence-corrected chi connectivity index (χ1v) is 12.6. The standard InChI is InChI=1S/C25H25F3N8O3/c26-25(27,28)23-31-30-20-3-4-21(32-36(20)23)33-7-5-15(6-8-33)18-14-29-19-2-1-16(13-17(18)19)22(37)34-9-11-35(12-10-34)24(38)39/h1-4,13-15,29H,5-12H2,(H,38,39)/p-1. The van der Waals surface area contributed by atoms with E-state index in [-0.39, 0.29) is 30.6 Å². The number of carboxylic acid groups (broad SMARTS) is 1. The van der Waals surface area contributed by atoms with E-state index in [1.807, 2.05) is 23.2 Å². The van der Waals surface area contributed by atoms with Crippen LogP contribution in [0.25, 0.3) is 16.6 Å². The van der Waals surface area contributed by atoms with E-state index in [1.54, 1.807) is 17.0 Å². The van der Waals surface area contributed by atoms with Crippen molar-refractivity contribution in [2.75, 3.05) is 44.2 Å². The van der Waals surface area contributed by atoms with Crippen LogP contribution < -0.4 is 10.0 Å². The minimum absolute atomic E-state index is 0.0332. The molecule has 2 saturated heterocycles. The molecule has 5 heterocycles. The average molecular weight is 542 g/mol. The van der Waals surface area contributed by atoms with Crippen LogP contribution >= 0.6 is 0 Å². The Bertz CT molecular complexity index is 1550. The van der Waals surface area contributed by atoms with Crippen molar-refractivity contribution in [1.82, 2.24) is 34.6 Å². The molecule has 0 atom stereocenters. The molecule has 11 nitrogen and oxygen atoms in total. The highest BCUT2D eigenvalue weighted by molar-refractivity contribution is 5.99. The third-order valence-corrected chi connectivity index (χ3v) is 7.55. The first-order chi connectivity index (χ1) is 18.7. The van der Waals surface area contributed by atoms with Gasteiger partial charge in [-0.1, -0.05) is 0 Å². The van der Waals surface area contributed by atoms with E-state index in [9.17, 15) is 27.9 Å². The molecule has 0 aliphatic carbocycles. The number of nitrogens with zero attached hydrogens (tertiary/aromatic N) is 7. The lowest BCUT2D eigenvalue weighted by Gasteiger charge is -2.36. The maximum Gasteiger partial charge on any atom is 0.453 e. The van der Waals surface area contributed by atoms with Crippen LogP contribution in [0.3, 0.4) is 0 Å². The van der Waals surface area contributed by atoms with Crippen LogP contribution in [0.2, 0.25) is 0 Å². The molecule has 2 amide bonds. The van der Waals surface area contributed by atoms with Gasteiger partial charge in [-0.05, 0) is 54.7 Å². The highest BCUT2D eigenvalue weighted by Crippen LogP contribution is 2.35. The van der Waals surface area contributed by atoms with E-state index < -0.39 is 18.1 Å². The van der Waals surface area contributed by atoms with Gasteiger partial charge in [0.1, 0.15) is 11.9 Å². The number of alkyl halides is 3. The van der Waals surface area contributed by atoms with E-state index in [0.717, 1.165) is 33.8 Å². The summed E-state index contributed by atoms with van der Waals surface area (Å²) in [7, 11) is 0. The molecule has 0 saturated carbocycles. The van der Waals surface area contributed by atoms with Gasteiger partial charge in [-0.3, -0.25) is 4.79 Å². The van der Waals surface area contributed by atoms with Crippen molar-refractivity contribution >= 4 is 34.4 Å². The van der Waals surface area contributed by atoms with Crippen LogP contribution in [0.15, 0.2) is 36.5 Å². The number of hydrogen-bond acceptors (Lipinski definition) is 7. The van der Waals surface area contributed by atoms with Crippen LogP contribution in [-0.4, -0.2) is 85.9 Å². The van der Waals surface area contributed by atoms with E-state index in [0.29, 0.717) is 37.6 Å². The molecule has 0 unspecified atom stereocenters. The Morgan fingerprint density at radius 1 is 0.949 bits per heavy atom. The Morgan fingerprint density at radius 3 is 2.36 bits per heavy atom. The molecule has 39 heavy (non-hydrogen) atoms. The van der Waals surface area contributed by atoms with Gasteiger partial charge in [0.05, 0.1) is 0 Å². The quantitative estimate of drug-likeness (QED) is 0.421. The molecule has 4 aromatic rings. The minimum atomic E-state index is -4.65. The maximum absolute atomic E-state index is 13.3. The molecule has 6 rings (SSSR count). The van der Waals surface area contributed by atoms with Crippen molar-refractivity contribution in [3.63, 3.8) is 0 Å². The molecule has 1 N–H and O–H groups in total. The number of rotatable bonds is 3. The molecule has 0 bridgehead atoms. The van der Waals surface area contributed by atoms with Gasteiger partial charge in [-0.15, -0.1) is 15.3 Å². The molecular weight excluding hydrogens is 517 g/mol. The highest BCUT2D eigenvalue weighted by atomic mass is 19.4. The van der Waals surface area contributed by atoms with Gasteiger partial charge in [0.2, 0.25) is 0 Å². The van der Waals surface area contributed by atoms with Crippen molar-refractivity contribution in [2.24, 2.45) is 0 Å². The number of hydrogen-bond donors (Lipinski definition) is 1. The Hall–Kier alpha value is -4.36. The van der Waals surface area contributed by atoms with Crippen molar-refractivity contribution in [3.05, 3.63) is 53.5 Å². The molecule has 3 aromatic heterocycles. The SMILES string of the molecule is O=C([O-])N1CCN(C(=O)c2ccc3[nH]cc(C4CCN(c5ccc6nnc(C(F)(F)F)n6n5)CC4)c3c2)CC1. The number of carbonyl (C=O) groups excluding carboxylic acids is 2. The van der Waals surface area contributed by atoms with Gasteiger partial charge in [0, 0.05) is 61.9 Å². The molecule has 2 aliphatic heterocycles. The summed E-state index contributed by atoms with van der Waals surface area (Å²) in [5, 5.41) is 23.0. The molecule has 0 spiro atoms. The lowest BCUT2D eigenvalue weighted by atomic mass is 9.89. The number of aromatic amines is 1. The smallest absolute Gasteiger partial charge is 0.453 e. The second-order valence-corrected chi connectivity index (χ2v) is 9.79. The number of nitrogens with one attached hydrogen (secondary N) is 1. The van der Waals surface area contributed by atoms with Gasteiger partial charge in [0.25, 0.3) is 11.7 Å². The van der Waals surface area contributed by atoms with Crippen LogP contribution in [0, 0.1) is 0 Å². The van der Waals surface area contributed by atoms with E-state index in [4.69, 9.17) is 0 Å². The Kier molecular flexibility index (Phi) is 6.03.